The van der Waals surface area contributed by atoms with Gasteiger partial charge in [-0.3, -0.25) is 14.8 Å². The quantitative estimate of drug-likeness (QED) is 0.679. The normalized spacial score (nSPS) is 10.8. The van der Waals surface area contributed by atoms with Crippen molar-refractivity contribution in [3.8, 4) is 0 Å². The van der Waals surface area contributed by atoms with Crippen LogP contribution in [-0.2, 0) is 20.1 Å². The molecule has 0 saturated heterocycles. The van der Waals surface area contributed by atoms with Gasteiger partial charge in [-0.05, 0) is 13.0 Å². The summed E-state index contributed by atoms with van der Waals surface area (Å²) in [4.78, 5) is 10.6. The maximum Gasteiger partial charge on any atom is 0.275 e. The number of aryl methyl sites for hydroxylation is 1. The lowest BCUT2D eigenvalue weighted by Crippen LogP contribution is -2.14. The number of benzene rings is 1. The van der Waals surface area contributed by atoms with Gasteiger partial charge >= 0.3 is 0 Å². The number of aromatic nitrogens is 2. The number of nitro benzene ring substituents is 1. The van der Waals surface area contributed by atoms with Crippen LogP contribution in [-0.4, -0.2) is 14.7 Å². The fourth-order valence-corrected chi connectivity index (χ4v) is 2.17. The number of nitrogens with zero attached hydrogens (tertiary/aromatic N) is 3. The molecule has 0 bridgehead atoms. The van der Waals surface area contributed by atoms with Gasteiger partial charge in [0.1, 0.15) is 0 Å². The zero-order chi connectivity index (χ0) is 14.7. The van der Waals surface area contributed by atoms with Crippen molar-refractivity contribution in [2.45, 2.75) is 20.0 Å². The largest absolute Gasteiger partial charge is 0.308 e. The average molecular weight is 295 g/mol. The fraction of sp³-hybridized carbons (Fsp3) is 0.308. The van der Waals surface area contributed by atoms with Crippen molar-refractivity contribution >= 4 is 17.3 Å². The van der Waals surface area contributed by atoms with E-state index in [0.717, 1.165) is 11.3 Å². The molecule has 1 N–H and O–H groups in total. The van der Waals surface area contributed by atoms with Crippen LogP contribution < -0.4 is 5.32 Å². The predicted molar refractivity (Wildman–Crippen MR) is 76.6 cm³/mol. The molecule has 20 heavy (non-hydrogen) atoms. The Labute approximate surface area is 121 Å². The van der Waals surface area contributed by atoms with Gasteiger partial charge in [-0.25, -0.2) is 0 Å². The average Bonchev–Trinajstić information content (AvgIpc) is 2.72. The van der Waals surface area contributed by atoms with Crippen molar-refractivity contribution in [1.29, 1.82) is 0 Å². The molecule has 2 rings (SSSR count). The molecule has 0 atom stereocenters. The predicted octanol–water partition coefficient (Wildman–Crippen LogP) is 2.58. The van der Waals surface area contributed by atoms with Gasteiger partial charge in [0, 0.05) is 37.5 Å². The first kappa shape index (κ1) is 14.5. The van der Waals surface area contributed by atoms with Gasteiger partial charge in [-0.1, -0.05) is 17.7 Å². The highest BCUT2D eigenvalue weighted by molar-refractivity contribution is 6.31. The van der Waals surface area contributed by atoms with E-state index in [0.29, 0.717) is 23.7 Å². The molecule has 1 heterocycles. The second-order valence-electron chi connectivity index (χ2n) is 4.48. The van der Waals surface area contributed by atoms with Crippen LogP contribution in [0.25, 0.3) is 0 Å². The molecule has 0 radical (unpaired) electrons. The molecule has 2 aromatic rings. The molecule has 0 aliphatic rings. The first-order chi connectivity index (χ1) is 9.50. The summed E-state index contributed by atoms with van der Waals surface area (Å²) < 4.78 is 1.79. The Hall–Kier alpha value is -1.92. The zero-order valence-electron chi connectivity index (χ0n) is 11.3. The van der Waals surface area contributed by atoms with Crippen molar-refractivity contribution in [2.75, 3.05) is 0 Å². The minimum atomic E-state index is -0.418. The Kier molecular flexibility index (Phi) is 4.36. The number of hydrogen-bond acceptors (Lipinski definition) is 4. The number of halogens is 1. The summed E-state index contributed by atoms with van der Waals surface area (Å²) in [5.74, 6) is 0. The van der Waals surface area contributed by atoms with Crippen molar-refractivity contribution in [3.63, 3.8) is 0 Å². The topological polar surface area (TPSA) is 73.0 Å². The van der Waals surface area contributed by atoms with Crippen LogP contribution in [0.4, 0.5) is 5.69 Å². The smallest absolute Gasteiger partial charge is 0.275 e. The third kappa shape index (κ3) is 2.97. The minimum Gasteiger partial charge on any atom is -0.308 e. The Morgan fingerprint density at radius 3 is 2.80 bits per heavy atom. The van der Waals surface area contributed by atoms with Crippen LogP contribution in [0.15, 0.2) is 24.4 Å². The van der Waals surface area contributed by atoms with E-state index in [9.17, 15) is 10.1 Å². The van der Waals surface area contributed by atoms with Crippen molar-refractivity contribution in [2.24, 2.45) is 7.05 Å². The van der Waals surface area contributed by atoms with Crippen LogP contribution in [0.1, 0.15) is 16.8 Å². The van der Waals surface area contributed by atoms with Crippen molar-refractivity contribution < 1.29 is 4.92 Å². The molecule has 0 saturated carbocycles. The van der Waals surface area contributed by atoms with Gasteiger partial charge in [-0.15, -0.1) is 0 Å². The number of nitrogens with one attached hydrogen (secondary N) is 1. The second kappa shape index (κ2) is 6.02. The summed E-state index contributed by atoms with van der Waals surface area (Å²) in [6, 6.07) is 4.69. The van der Waals surface area contributed by atoms with Crippen LogP contribution in [0.3, 0.4) is 0 Å². The first-order valence-corrected chi connectivity index (χ1v) is 6.48. The zero-order valence-corrected chi connectivity index (χ0v) is 12.0. The van der Waals surface area contributed by atoms with E-state index in [1.54, 1.807) is 23.0 Å². The highest BCUT2D eigenvalue weighted by Crippen LogP contribution is 2.26. The third-order valence-corrected chi connectivity index (χ3v) is 3.60. The van der Waals surface area contributed by atoms with Gasteiger partial charge in [0.15, 0.2) is 0 Å². The Bertz CT molecular complexity index is 639. The van der Waals surface area contributed by atoms with Crippen LogP contribution in [0, 0.1) is 17.0 Å². The molecule has 6 nitrogen and oxygen atoms in total. The second-order valence-corrected chi connectivity index (χ2v) is 4.88. The highest BCUT2D eigenvalue weighted by Gasteiger charge is 2.16. The van der Waals surface area contributed by atoms with Crippen molar-refractivity contribution in [1.82, 2.24) is 15.1 Å². The molecule has 7 heteroatoms. The van der Waals surface area contributed by atoms with Crippen LogP contribution in [0.2, 0.25) is 5.02 Å². The van der Waals surface area contributed by atoms with E-state index in [4.69, 9.17) is 11.6 Å². The minimum absolute atomic E-state index is 0.0351. The van der Waals surface area contributed by atoms with E-state index < -0.39 is 4.92 Å². The summed E-state index contributed by atoms with van der Waals surface area (Å²) >= 11 is 6.03. The molecule has 0 aliphatic carbocycles. The molecule has 0 unspecified atom stereocenters. The molecular formula is C13H15ClN4O2. The number of hydrogen-bond donors (Lipinski definition) is 1. The molecule has 0 fully saturated rings. The summed E-state index contributed by atoms with van der Waals surface area (Å²) in [5, 5.41) is 18.7. The Balaban J connectivity index is 2.08. The lowest BCUT2D eigenvalue weighted by molar-refractivity contribution is -0.385. The van der Waals surface area contributed by atoms with Crippen LogP contribution >= 0.6 is 11.6 Å². The summed E-state index contributed by atoms with van der Waals surface area (Å²) in [5.41, 5.74) is 2.65. The molecule has 106 valence electrons. The Morgan fingerprint density at radius 1 is 1.45 bits per heavy atom. The van der Waals surface area contributed by atoms with Gasteiger partial charge in [0.25, 0.3) is 5.69 Å². The van der Waals surface area contributed by atoms with E-state index in [1.807, 2.05) is 14.0 Å². The summed E-state index contributed by atoms with van der Waals surface area (Å²) in [7, 11) is 1.87. The van der Waals surface area contributed by atoms with E-state index in [2.05, 4.69) is 10.4 Å². The SMILES string of the molecule is Cc1c(CNCc2c(Cl)cccc2[N+](=O)[O-])cnn1C. The van der Waals surface area contributed by atoms with Gasteiger partial charge in [0.05, 0.1) is 21.7 Å². The number of nitro groups is 1. The summed E-state index contributed by atoms with van der Waals surface area (Å²) in [6.07, 6.45) is 1.78. The lowest BCUT2D eigenvalue weighted by Gasteiger charge is -2.07. The lowest BCUT2D eigenvalue weighted by atomic mass is 10.1. The first-order valence-electron chi connectivity index (χ1n) is 6.10. The molecular weight excluding hydrogens is 280 g/mol. The Morgan fingerprint density at radius 2 is 2.20 bits per heavy atom. The standard InChI is InChI=1S/C13H15ClN4O2/c1-9-10(7-16-17(9)2)6-15-8-11-12(14)4-3-5-13(11)18(19)20/h3-5,7,15H,6,8H2,1-2H3. The molecule has 1 aromatic heterocycles. The van der Waals surface area contributed by atoms with E-state index in [1.165, 1.54) is 6.07 Å². The third-order valence-electron chi connectivity index (χ3n) is 3.24. The van der Waals surface area contributed by atoms with Crippen molar-refractivity contribution in [3.05, 3.63) is 56.4 Å². The van der Waals surface area contributed by atoms with Gasteiger partial charge < -0.3 is 5.32 Å². The summed E-state index contributed by atoms with van der Waals surface area (Å²) in [6.45, 7) is 2.90. The molecule has 0 aliphatic heterocycles. The molecule has 0 spiro atoms. The van der Waals surface area contributed by atoms with Gasteiger partial charge in [0.2, 0.25) is 0 Å². The number of rotatable bonds is 5. The van der Waals surface area contributed by atoms with Gasteiger partial charge in [-0.2, -0.15) is 5.10 Å². The maximum atomic E-state index is 11.0. The fourth-order valence-electron chi connectivity index (χ4n) is 1.93. The van der Waals surface area contributed by atoms with Crippen LogP contribution in [0.5, 0.6) is 0 Å². The monoisotopic (exact) mass is 294 g/mol. The van der Waals surface area contributed by atoms with E-state index >= 15 is 0 Å². The molecule has 1 aromatic carbocycles. The van der Waals surface area contributed by atoms with E-state index in [-0.39, 0.29) is 5.69 Å². The highest BCUT2D eigenvalue weighted by atomic mass is 35.5. The molecule has 0 amide bonds. The maximum absolute atomic E-state index is 11.0.